The van der Waals surface area contributed by atoms with E-state index in [0.29, 0.717) is 5.92 Å². The van der Waals surface area contributed by atoms with Crippen LogP contribution in [0.2, 0.25) is 0 Å². The molecule has 1 aromatic carbocycles. The first-order valence-corrected chi connectivity index (χ1v) is 8.96. The van der Waals surface area contributed by atoms with E-state index in [1.165, 1.54) is 53.2 Å². The molecule has 3 rings (SSSR count). The lowest BCUT2D eigenvalue weighted by Gasteiger charge is -2.03. The van der Waals surface area contributed by atoms with Crippen LogP contribution in [0.4, 0.5) is 0 Å². The van der Waals surface area contributed by atoms with E-state index in [4.69, 9.17) is 4.98 Å². The Kier molecular flexibility index (Phi) is 5.04. The van der Waals surface area contributed by atoms with Crippen LogP contribution in [0.25, 0.3) is 11.3 Å². The van der Waals surface area contributed by atoms with Crippen LogP contribution in [0.1, 0.15) is 54.8 Å². The molecule has 1 N–H and O–H groups in total. The number of hydrogen-bond acceptors (Lipinski definition) is 3. The molecule has 0 unspecified atom stereocenters. The van der Waals surface area contributed by atoms with Gasteiger partial charge in [0.05, 0.1) is 10.7 Å². The smallest absolute Gasteiger partial charge is 0.0966 e. The molecule has 1 heterocycles. The van der Waals surface area contributed by atoms with Crippen molar-refractivity contribution in [1.29, 1.82) is 0 Å². The van der Waals surface area contributed by atoms with E-state index in [9.17, 15) is 0 Å². The highest BCUT2D eigenvalue weighted by molar-refractivity contribution is 7.12. The predicted molar refractivity (Wildman–Crippen MR) is 90.8 cm³/mol. The maximum Gasteiger partial charge on any atom is 0.0966 e. The lowest BCUT2D eigenvalue weighted by Crippen LogP contribution is -2.13. The second-order valence-corrected chi connectivity index (χ2v) is 6.96. The maximum absolute atomic E-state index is 5.02. The highest BCUT2D eigenvalue weighted by Gasteiger charge is 2.22. The van der Waals surface area contributed by atoms with Crippen LogP contribution in [0.15, 0.2) is 30.3 Å². The van der Waals surface area contributed by atoms with Gasteiger partial charge >= 0.3 is 0 Å². The summed E-state index contributed by atoms with van der Waals surface area (Å²) < 4.78 is 0. The summed E-state index contributed by atoms with van der Waals surface area (Å²) in [4.78, 5) is 6.42. The van der Waals surface area contributed by atoms with Gasteiger partial charge in [0, 0.05) is 22.9 Å². The standard InChI is InChI=1S/C18H24N2S/c1-2-12-19-13-16-17(14-8-4-3-5-9-14)20-18(21-16)15-10-6-7-11-15/h3-5,8-9,15,19H,2,6-7,10-13H2,1H3. The first kappa shape index (κ1) is 14.7. The van der Waals surface area contributed by atoms with Gasteiger partial charge in [0.25, 0.3) is 0 Å². The third kappa shape index (κ3) is 3.53. The first-order chi connectivity index (χ1) is 10.4. The molecule has 0 aliphatic heterocycles. The van der Waals surface area contributed by atoms with Crippen LogP contribution in [-0.2, 0) is 6.54 Å². The molecule has 2 aromatic rings. The van der Waals surface area contributed by atoms with Crippen molar-refractivity contribution in [3.05, 3.63) is 40.2 Å². The number of nitrogens with one attached hydrogen (secondary N) is 1. The van der Waals surface area contributed by atoms with Crippen molar-refractivity contribution in [1.82, 2.24) is 10.3 Å². The van der Waals surface area contributed by atoms with E-state index in [-0.39, 0.29) is 0 Å². The van der Waals surface area contributed by atoms with Crippen molar-refractivity contribution in [3.8, 4) is 11.3 Å². The number of nitrogens with zero attached hydrogens (tertiary/aromatic N) is 1. The Morgan fingerprint density at radius 3 is 2.67 bits per heavy atom. The third-order valence-electron chi connectivity index (χ3n) is 4.18. The molecule has 0 amide bonds. The highest BCUT2D eigenvalue weighted by atomic mass is 32.1. The summed E-state index contributed by atoms with van der Waals surface area (Å²) in [5, 5.41) is 4.90. The van der Waals surface area contributed by atoms with Crippen LogP contribution in [0, 0.1) is 0 Å². The fraction of sp³-hybridized carbons (Fsp3) is 0.500. The molecule has 112 valence electrons. The van der Waals surface area contributed by atoms with Gasteiger partial charge in [0.2, 0.25) is 0 Å². The normalized spacial score (nSPS) is 15.7. The summed E-state index contributed by atoms with van der Waals surface area (Å²) in [6.45, 7) is 4.23. The van der Waals surface area contributed by atoms with Crippen LogP contribution in [0.5, 0.6) is 0 Å². The molecule has 3 heteroatoms. The number of hydrogen-bond donors (Lipinski definition) is 1. The molecule has 0 radical (unpaired) electrons. The molecule has 1 aromatic heterocycles. The number of aromatic nitrogens is 1. The molecular weight excluding hydrogens is 276 g/mol. The maximum atomic E-state index is 5.02. The second kappa shape index (κ2) is 7.19. The molecule has 0 atom stereocenters. The van der Waals surface area contributed by atoms with E-state index in [1.807, 2.05) is 11.3 Å². The van der Waals surface area contributed by atoms with Gasteiger partial charge in [-0.1, -0.05) is 50.1 Å². The lowest BCUT2D eigenvalue weighted by molar-refractivity contribution is 0.681. The summed E-state index contributed by atoms with van der Waals surface area (Å²) in [5.41, 5.74) is 2.46. The molecular formula is C18H24N2S. The van der Waals surface area contributed by atoms with E-state index >= 15 is 0 Å². The van der Waals surface area contributed by atoms with Gasteiger partial charge in [-0.3, -0.25) is 0 Å². The largest absolute Gasteiger partial charge is 0.312 e. The Morgan fingerprint density at radius 2 is 1.95 bits per heavy atom. The third-order valence-corrected chi connectivity index (χ3v) is 5.40. The minimum Gasteiger partial charge on any atom is -0.312 e. The summed E-state index contributed by atoms with van der Waals surface area (Å²) >= 11 is 1.93. The molecule has 1 fully saturated rings. The Balaban J connectivity index is 1.87. The van der Waals surface area contributed by atoms with Crippen molar-refractivity contribution < 1.29 is 0 Å². The molecule has 1 aliphatic carbocycles. The SMILES string of the molecule is CCCNCc1sc(C2CCCC2)nc1-c1ccccc1. The van der Waals surface area contributed by atoms with Gasteiger partial charge in [0.15, 0.2) is 0 Å². The minimum atomic E-state index is 0.706. The zero-order valence-corrected chi connectivity index (χ0v) is 13.6. The molecule has 2 nitrogen and oxygen atoms in total. The monoisotopic (exact) mass is 300 g/mol. The fourth-order valence-corrected chi connectivity index (χ4v) is 4.26. The van der Waals surface area contributed by atoms with Gasteiger partial charge in [-0.05, 0) is 25.8 Å². The van der Waals surface area contributed by atoms with E-state index < -0.39 is 0 Å². The average Bonchev–Trinajstić information content (AvgIpc) is 3.18. The lowest BCUT2D eigenvalue weighted by atomic mass is 10.1. The van der Waals surface area contributed by atoms with Crippen molar-refractivity contribution in [2.45, 2.75) is 51.5 Å². The summed E-state index contributed by atoms with van der Waals surface area (Å²) in [5.74, 6) is 0.706. The number of benzene rings is 1. The van der Waals surface area contributed by atoms with Crippen LogP contribution >= 0.6 is 11.3 Å². The van der Waals surface area contributed by atoms with Crippen LogP contribution < -0.4 is 5.32 Å². The molecule has 0 spiro atoms. The van der Waals surface area contributed by atoms with Crippen LogP contribution in [0.3, 0.4) is 0 Å². The minimum absolute atomic E-state index is 0.706. The molecule has 21 heavy (non-hydrogen) atoms. The number of thiazole rings is 1. The summed E-state index contributed by atoms with van der Waals surface area (Å²) in [6, 6.07) is 10.6. The number of rotatable bonds is 6. The van der Waals surface area contributed by atoms with E-state index in [0.717, 1.165) is 13.1 Å². The highest BCUT2D eigenvalue weighted by Crippen LogP contribution is 2.39. The predicted octanol–water partition coefficient (Wildman–Crippen LogP) is 4.97. The Hall–Kier alpha value is -1.19. The quantitative estimate of drug-likeness (QED) is 0.762. The van der Waals surface area contributed by atoms with Crippen molar-refractivity contribution >= 4 is 11.3 Å². The van der Waals surface area contributed by atoms with Gasteiger partial charge in [-0.25, -0.2) is 4.98 Å². The summed E-state index contributed by atoms with van der Waals surface area (Å²) in [6.07, 6.45) is 6.56. The molecule has 0 bridgehead atoms. The van der Waals surface area contributed by atoms with Gasteiger partial charge in [-0.2, -0.15) is 0 Å². The van der Waals surface area contributed by atoms with Crippen molar-refractivity contribution in [3.63, 3.8) is 0 Å². The molecule has 0 saturated heterocycles. The zero-order valence-electron chi connectivity index (χ0n) is 12.8. The second-order valence-electron chi connectivity index (χ2n) is 5.85. The Labute approximate surface area is 131 Å². The molecule has 1 saturated carbocycles. The Morgan fingerprint density at radius 1 is 1.19 bits per heavy atom. The van der Waals surface area contributed by atoms with Gasteiger partial charge in [-0.15, -0.1) is 11.3 Å². The zero-order chi connectivity index (χ0) is 14.5. The van der Waals surface area contributed by atoms with Crippen molar-refractivity contribution in [2.75, 3.05) is 6.54 Å². The Bertz CT molecular complexity index is 556. The summed E-state index contributed by atoms with van der Waals surface area (Å²) in [7, 11) is 0. The average molecular weight is 300 g/mol. The van der Waals surface area contributed by atoms with Gasteiger partial charge < -0.3 is 5.32 Å². The van der Waals surface area contributed by atoms with E-state index in [2.05, 4.69) is 42.6 Å². The first-order valence-electron chi connectivity index (χ1n) is 8.14. The molecule has 1 aliphatic rings. The topological polar surface area (TPSA) is 24.9 Å². The van der Waals surface area contributed by atoms with E-state index in [1.54, 1.807) is 0 Å². The van der Waals surface area contributed by atoms with Gasteiger partial charge in [0.1, 0.15) is 0 Å². The van der Waals surface area contributed by atoms with Crippen molar-refractivity contribution in [2.24, 2.45) is 0 Å². The van der Waals surface area contributed by atoms with Crippen LogP contribution in [-0.4, -0.2) is 11.5 Å². The fourth-order valence-electron chi connectivity index (χ4n) is 3.04.